The number of nitrogens with zero attached hydrogens (tertiary/aromatic N) is 2. The summed E-state index contributed by atoms with van der Waals surface area (Å²) >= 11 is 0. The van der Waals surface area contributed by atoms with Crippen LogP contribution in [0, 0.1) is 5.82 Å². The van der Waals surface area contributed by atoms with E-state index in [4.69, 9.17) is 5.11 Å². The molecule has 1 amide bonds. The average molecular weight is 291 g/mol. The van der Waals surface area contributed by atoms with E-state index in [1.807, 2.05) is 0 Å². The molecule has 1 heterocycles. The van der Waals surface area contributed by atoms with E-state index < -0.39 is 17.8 Å². The van der Waals surface area contributed by atoms with Crippen LogP contribution in [0.4, 0.5) is 4.39 Å². The molecule has 2 aromatic rings. The van der Waals surface area contributed by atoms with E-state index in [1.165, 1.54) is 28.9 Å². The molecular weight excluding hydrogens is 277 g/mol. The van der Waals surface area contributed by atoms with E-state index in [9.17, 15) is 14.0 Å². The third-order valence-corrected chi connectivity index (χ3v) is 2.85. The second-order valence-electron chi connectivity index (χ2n) is 4.47. The molecular formula is C14H14FN3O3. The molecule has 1 unspecified atom stereocenters. The summed E-state index contributed by atoms with van der Waals surface area (Å²) in [5.74, 6) is -1.84. The number of amides is 1. The average Bonchev–Trinajstić information content (AvgIpc) is 2.91. The molecule has 1 atom stereocenters. The zero-order chi connectivity index (χ0) is 15.2. The first-order chi connectivity index (χ1) is 10.0. The second kappa shape index (κ2) is 6.65. The first kappa shape index (κ1) is 14.7. The monoisotopic (exact) mass is 291 g/mol. The maximum atomic E-state index is 12.9. The minimum absolute atomic E-state index is 0.00961. The Morgan fingerprint density at radius 1 is 1.33 bits per heavy atom. The van der Waals surface area contributed by atoms with Gasteiger partial charge in [0.15, 0.2) is 0 Å². The largest absolute Gasteiger partial charge is 0.481 e. The lowest BCUT2D eigenvalue weighted by molar-refractivity contribution is -0.137. The molecule has 110 valence electrons. The summed E-state index contributed by atoms with van der Waals surface area (Å²) in [7, 11) is 0. The summed E-state index contributed by atoms with van der Waals surface area (Å²) < 4.78 is 14.3. The molecule has 2 N–H and O–H groups in total. The van der Waals surface area contributed by atoms with Gasteiger partial charge in [-0.25, -0.2) is 4.39 Å². The van der Waals surface area contributed by atoms with Crippen LogP contribution in [0.25, 0.3) is 0 Å². The topological polar surface area (TPSA) is 84.2 Å². The SMILES string of the molecule is O=C(O)CC(NC(=O)Cn1cccn1)c1ccc(F)cc1. The Morgan fingerprint density at radius 2 is 2.05 bits per heavy atom. The van der Waals surface area contributed by atoms with Gasteiger partial charge in [-0.15, -0.1) is 0 Å². The zero-order valence-electron chi connectivity index (χ0n) is 11.1. The van der Waals surface area contributed by atoms with Crippen molar-refractivity contribution < 1.29 is 19.1 Å². The highest BCUT2D eigenvalue weighted by Gasteiger charge is 2.18. The van der Waals surface area contributed by atoms with E-state index in [1.54, 1.807) is 18.5 Å². The highest BCUT2D eigenvalue weighted by atomic mass is 19.1. The molecule has 0 bridgehead atoms. The lowest BCUT2D eigenvalue weighted by Crippen LogP contribution is -2.33. The number of hydrogen-bond donors (Lipinski definition) is 2. The Balaban J connectivity index is 2.07. The maximum Gasteiger partial charge on any atom is 0.305 e. The van der Waals surface area contributed by atoms with Gasteiger partial charge in [-0.05, 0) is 23.8 Å². The number of carboxylic acid groups (broad SMARTS) is 1. The van der Waals surface area contributed by atoms with Crippen LogP contribution >= 0.6 is 0 Å². The van der Waals surface area contributed by atoms with Crippen LogP contribution in [-0.4, -0.2) is 26.8 Å². The normalized spacial score (nSPS) is 11.9. The fourth-order valence-corrected chi connectivity index (χ4v) is 1.90. The lowest BCUT2D eigenvalue weighted by atomic mass is 10.0. The number of carboxylic acids is 1. The Bertz CT molecular complexity index is 611. The summed E-state index contributed by atoms with van der Waals surface area (Å²) in [6.45, 7) is -0.00961. The predicted octanol–water partition coefficient (Wildman–Crippen LogP) is 1.35. The van der Waals surface area contributed by atoms with E-state index in [2.05, 4.69) is 10.4 Å². The number of aromatic nitrogens is 2. The third-order valence-electron chi connectivity index (χ3n) is 2.85. The molecule has 1 aromatic heterocycles. The lowest BCUT2D eigenvalue weighted by Gasteiger charge is -2.17. The summed E-state index contributed by atoms with van der Waals surface area (Å²) in [6, 6.07) is 6.33. The van der Waals surface area contributed by atoms with Gasteiger partial charge in [0, 0.05) is 12.4 Å². The molecule has 0 aliphatic heterocycles. The molecule has 0 fully saturated rings. The molecule has 0 spiro atoms. The molecule has 21 heavy (non-hydrogen) atoms. The number of carbonyl (C=O) groups excluding carboxylic acids is 1. The van der Waals surface area contributed by atoms with Crippen LogP contribution in [0.15, 0.2) is 42.7 Å². The maximum absolute atomic E-state index is 12.9. The number of halogens is 1. The third kappa shape index (κ3) is 4.41. The Morgan fingerprint density at radius 3 is 2.62 bits per heavy atom. The van der Waals surface area contributed by atoms with Gasteiger partial charge < -0.3 is 10.4 Å². The van der Waals surface area contributed by atoms with Crippen molar-refractivity contribution in [3.05, 3.63) is 54.1 Å². The molecule has 0 aliphatic carbocycles. The van der Waals surface area contributed by atoms with Crippen molar-refractivity contribution in [2.45, 2.75) is 19.0 Å². The summed E-state index contributed by atoms with van der Waals surface area (Å²) in [6.07, 6.45) is 2.89. The van der Waals surface area contributed by atoms with E-state index in [-0.39, 0.29) is 18.9 Å². The smallest absolute Gasteiger partial charge is 0.305 e. The number of nitrogens with one attached hydrogen (secondary N) is 1. The second-order valence-corrected chi connectivity index (χ2v) is 4.47. The highest BCUT2D eigenvalue weighted by Crippen LogP contribution is 2.17. The Labute approximate surface area is 120 Å². The predicted molar refractivity (Wildman–Crippen MR) is 71.8 cm³/mol. The number of carbonyl (C=O) groups is 2. The van der Waals surface area contributed by atoms with Gasteiger partial charge in [0.25, 0.3) is 0 Å². The van der Waals surface area contributed by atoms with Crippen LogP contribution in [0.1, 0.15) is 18.0 Å². The molecule has 0 saturated carbocycles. The van der Waals surface area contributed by atoms with Gasteiger partial charge in [-0.1, -0.05) is 12.1 Å². The zero-order valence-corrected chi connectivity index (χ0v) is 11.1. The van der Waals surface area contributed by atoms with Crippen molar-refractivity contribution in [1.29, 1.82) is 0 Å². The van der Waals surface area contributed by atoms with E-state index in [0.717, 1.165) is 0 Å². The number of hydrogen-bond acceptors (Lipinski definition) is 3. The van der Waals surface area contributed by atoms with Gasteiger partial charge >= 0.3 is 5.97 Å². The fraction of sp³-hybridized carbons (Fsp3) is 0.214. The molecule has 7 heteroatoms. The number of benzene rings is 1. The molecule has 0 radical (unpaired) electrons. The van der Waals surface area contributed by atoms with Crippen LogP contribution in [0.2, 0.25) is 0 Å². The molecule has 2 rings (SSSR count). The molecule has 0 aliphatic rings. The minimum Gasteiger partial charge on any atom is -0.481 e. The molecule has 0 saturated heterocycles. The number of rotatable bonds is 6. The first-order valence-electron chi connectivity index (χ1n) is 6.28. The van der Waals surface area contributed by atoms with Gasteiger partial charge in [0.2, 0.25) is 5.91 Å². The van der Waals surface area contributed by atoms with Crippen LogP contribution in [-0.2, 0) is 16.1 Å². The summed E-state index contributed by atoms with van der Waals surface area (Å²) in [5.41, 5.74) is 0.535. The number of aliphatic carboxylic acids is 1. The van der Waals surface area contributed by atoms with Gasteiger partial charge in [-0.2, -0.15) is 5.10 Å². The summed E-state index contributed by atoms with van der Waals surface area (Å²) in [4.78, 5) is 22.8. The van der Waals surface area contributed by atoms with Crippen LogP contribution in [0.5, 0.6) is 0 Å². The van der Waals surface area contributed by atoms with E-state index >= 15 is 0 Å². The summed E-state index contributed by atoms with van der Waals surface area (Å²) in [5, 5.41) is 15.4. The van der Waals surface area contributed by atoms with Crippen LogP contribution < -0.4 is 5.32 Å². The van der Waals surface area contributed by atoms with Crippen LogP contribution in [0.3, 0.4) is 0 Å². The minimum atomic E-state index is -1.05. The molecule has 6 nitrogen and oxygen atoms in total. The first-order valence-corrected chi connectivity index (χ1v) is 6.28. The van der Waals surface area contributed by atoms with Gasteiger partial charge in [0.1, 0.15) is 12.4 Å². The van der Waals surface area contributed by atoms with Crippen molar-refractivity contribution >= 4 is 11.9 Å². The van der Waals surface area contributed by atoms with E-state index in [0.29, 0.717) is 5.56 Å². The quantitative estimate of drug-likeness (QED) is 0.841. The fourth-order valence-electron chi connectivity index (χ4n) is 1.90. The molecule has 1 aromatic carbocycles. The van der Waals surface area contributed by atoms with Gasteiger partial charge in [-0.3, -0.25) is 14.3 Å². The van der Waals surface area contributed by atoms with Crippen molar-refractivity contribution in [2.24, 2.45) is 0 Å². The van der Waals surface area contributed by atoms with Crippen molar-refractivity contribution in [2.75, 3.05) is 0 Å². The highest BCUT2D eigenvalue weighted by molar-refractivity contribution is 5.77. The van der Waals surface area contributed by atoms with Crippen molar-refractivity contribution in [1.82, 2.24) is 15.1 Å². The Hall–Kier alpha value is -2.70. The van der Waals surface area contributed by atoms with Crippen molar-refractivity contribution in [3.8, 4) is 0 Å². The Kier molecular flexibility index (Phi) is 4.65. The standard InChI is InChI=1S/C14H14FN3O3/c15-11-4-2-10(3-5-11)12(8-14(20)21)17-13(19)9-18-7-1-6-16-18/h1-7,12H,8-9H2,(H,17,19)(H,20,21). The van der Waals surface area contributed by atoms with Gasteiger partial charge in [0.05, 0.1) is 12.5 Å². The van der Waals surface area contributed by atoms with Crippen molar-refractivity contribution in [3.63, 3.8) is 0 Å².